The second-order valence-electron chi connectivity index (χ2n) is 4.20. The maximum Gasteiger partial charge on any atom is 0.224 e. The number of fused-ring (bicyclic) bond motifs is 1. The van der Waals surface area contributed by atoms with Gasteiger partial charge in [-0.15, -0.1) is 0 Å². The van der Waals surface area contributed by atoms with E-state index in [0.717, 1.165) is 30.2 Å². The Morgan fingerprint density at radius 1 is 1.38 bits per heavy atom. The van der Waals surface area contributed by atoms with Gasteiger partial charge < -0.3 is 14.9 Å². The summed E-state index contributed by atoms with van der Waals surface area (Å²) < 4.78 is 11.2. The first kappa shape index (κ1) is 9.66. The van der Waals surface area contributed by atoms with E-state index < -0.39 is 0 Å². The molecule has 0 aromatic carbocycles. The quantitative estimate of drug-likeness (QED) is 0.838. The smallest absolute Gasteiger partial charge is 0.224 e. The lowest BCUT2D eigenvalue weighted by molar-refractivity contribution is 0.186. The van der Waals surface area contributed by atoms with Gasteiger partial charge in [-0.3, -0.25) is 0 Å². The van der Waals surface area contributed by atoms with Crippen LogP contribution in [0.2, 0.25) is 0 Å². The molecular formula is C12H14N2O2. The standard InChI is InChI=1S/C12H14N2O2/c13-9-2-1-3-11(9)16-12-8-5-7-15-10(8)4-6-14-12/h4-7,9,11H,1-3,13H2. The molecule has 1 saturated carbocycles. The Labute approximate surface area is 93.4 Å². The molecule has 0 bridgehead atoms. The van der Waals surface area contributed by atoms with E-state index in [-0.39, 0.29) is 12.1 Å². The predicted octanol–water partition coefficient (Wildman–Crippen LogP) is 2.09. The first-order valence-electron chi connectivity index (χ1n) is 5.59. The lowest BCUT2D eigenvalue weighted by Gasteiger charge is -2.17. The van der Waals surface area contributed by atoms with Crippen molar-refractivity contribution in [2.45, 2.75) is 31.4 Å². The molecule has 3 rings (SSSR count). The number of aromatic nitrogens is 1. The maximum absolute atomic E-state index is 5.97. The molecular weight excluding hydrogens is 204 g/mol. The minimum absolute atomic E-state index is 0.0907. The van der Waals surface area contributed by atoms with Crippen LogP contribution in [0.5, 0.6) is 5.88 Å². The molecule has 4 heteroatoms. The summed E-state index contributed by atoms with van der Waals surface area (Å²) in [6.07, 6.45) is 6.61. The third-order valence-electron chi connectivity index (χ3n) is 3.11. The third-order valence-corrected chi connectivity index (χ3v) is 3.11. The molecule has 2 aromatic rings. The number of furan rings is 1. The fraction of sp³-hybridized carbons (Fsp3) is 0.417. The van der Waals surface area contributed by atoms with E-state index >= 15 is 0 Å². The van der Waals surface area contributed by atoms with Crippen molar-refractivity contribution < 1.29 is 9.15 Å². The molecule has 2 heterocycles. The molecule has 2 atom stereocenters. The molecule has 16 heavy (non-hydrogen) atoms. The SMILES string of the molecule is NC1CCCC1Oc1nccc2occc12. The average Bonchev–Trinajstić information content (AvgIpc) is 2.89. The number of hydrogen-bond acceptors (Lipinski definition) is 4. The van der Waals surface area contributed by atoms with Crippen molar-refractivity contribution >= 4 is 11.0 Å². The van der Waals surface area contributed by atoms with Crippen LogP contribution in [0.4, 0.5) is 0 Å². The van der Waals surface area contributed by atoms with Gasteiger partial charge >= 0.3 is 0 Å². The lowest BCUT2D eigenvalue weighted by atomic mass is 10.2. The van der Waals surface area contributed by atoms with Gasteiger partial charge in [0.25, 0.3) is 0 Å². The molecule has 0 saturated heterocycles. The van der Waals surface area contributed by atoms with Crippen molar-refractivity contribution in [1.82, 2.24) is 4.98 Å². The maximum atomic E-state index is 5.97. The second-order valence-corrected chi connectivity index (χ2v) is 4.20. The van der Waals surface area contributed by atoms with Crippen LogP contribution in [0, 0.1) is 0 Å². The molecule has 2 unspecified atom stereocenters. The Bertz CT molecular complexity index is 494. The van der Waals surface area contributed by atoms with Crippen LogP contribution in [0.1, 0.15) is 19.3 Å². The van der Waals surface area contributed by atoms with E-state index in [0.29, 0.717) is 5.88 Å². The summed E-state index contributed by atoms with van der Waals surface area (Å²) >= 11 is 0. The number of nitrogens with zero attached hydrogens (tertiary/aromatic N) is 1. The molecule has 0 amide bonds. The first-order chi connectivity index (χ1) is 7.84. The molecule has 2 aromatic heterocycles. The van der Waals surface area contributed by atoms with Gasteiger partial charge in [0, 0.05) is 12.2 Å². The number of ether oxygens (including phenoxy) is 1. The first-order valence-corrected chi connectivity index (χ1v) is 5.59. The van der Waals surface area contributed by atoms with E-state index in [1.807, 2.05) is 12.1 Å². The van der Waals surface area contributed by atoms with Gasteiger partial charge in [0.1, 0.15) is 11.7 Å². The topological polar surface area (TPSA) is 61.3 Å². The normalized spacial score (nSPS) is 25.1. The van der Waals surface area contributed by atoms with Gasteiger partial charge in [-0.25, -0.2) is 4.98 Å². The molecule has 0 spiro atoms. The molecule has 1 aliphatic carbocycles. The van der Waals surface area contributed by atoms with E-state index in [2.05, 4.69) is 4.98 Å². The molecule has 0 aliphatic heterocycles. The number of hydrogen-bond donors (Lipinski definition) is 1. The minimum Gasteiger partial charge on any atom is -0.472 e. The summed E-state index contributed by atoms with van der Waals surface area (Å²) in [5.41, 5.74) is 6.77. The van der Waals surface area contributed by atoms with Gasteiger partial charge in [-0.2, -0.15) is 0 Å². The van der Waals surface area contributed by atoms with Crippen LogP contribution in [0.3, 0.4) is 0 Å². The van der Waals surface area contributed by atoms with Crippen molar-refractivity contribution in [1.29, 1.82) is 0 Å². The molecule has 4 nitrogen and oxygen atoms in total. The fourth-order valence-corrected chi connectivity index (χ4v) is 2.21. The number of rotatable bonds is 2. The van der Waals surface area contributed by atoms with E-state index in [1.54, 1.807) is 12.5 Å². The highest BCUT2D eigenvalue weighted by Gasteiger charge is 2.26. The van der Waals surface area contributed by atoms with Gasteiger partial charge in [0.05, 0.1) is 11.6 Å². The highest BCUT2D eigenvalue weighted by Crippen LogP contribution is 2.28. The third kappa shape index (κ3) is 1.55. The largest absolute Gasteiger partial charge is 0.472 e. The van der Waals surface area contributed by atoms with Crippen molar-refractivity contribution in [2.75, 3.05) is 0 Å². The zero-order valence-electron chi connectivity index (χ0n) is 8.93. The van der Waals surface area contributed by atoms with E-state index in [1.165, 1.54) is 0 Å². The van der Waals surface area contributed by atoms with Gasteiger partial charge in [-0.05, 0) is 31.4 Å². The minimum atomic E-state index is 0.0907. The molecule has 2 N–H and O–H groups in total. The zero-order valence-corrected chi connectivity index (χ0v) is 8.93. The van der Waals surface area contributed by atoms with Crippen molar-refractivity contribution in [3.05, 3.63) is 24.6 Å². The highest BCUT2D eigenvalue weighted by atomic mass is 16.5. The summed E-state index contributed by atoms with van der Waals surface area (Å²) in [7, 11) is 0. The van der Waals surface area contributed by atoms with Crippen LogP contribution in [0.25, 0.3) is 11.0 Å². The van der Waals surface area contributed by atoms with Gasteiger partial charge in [0.2, 0.25) is 5.88 Å². The summed E-state index contributed by atoms with van der Waals surface area (Å²) in [5.74, 6) is 0.633. The number of pyridine rings is 1. The summed E-state index contributed by atoms with van der Waals surface area (Å²) in [5, 5.41) is 0.918. The molecule has 1 fully saturated rings. The van der Waals surface area contributed by atoms with Crippen LogP contribution in [-0.2, 0) is 0 Å². The van der Waals surface area contributed by atoms with E-state index in [4.69, 9.17) is 14.9 Å². The monoisotopic (exact) mass is 218 g/mol. The molecule has 0 radical (unpaired) electrons. The Morgan fingerprint density at radius 3 is 3.12 bits per heavy atom. The Morgan fingerprint density at radius 2 is 2.31 bits per heavy atom. The van der Waals surface area contributed by atoms with Crippen molar-refractivity contribution in [3.8, 4) is 5.88 Å². The van der Waals surface area contributed by atoms with Gasteiger partial charge in [-0.1, -0.05) is 0 Å². The summed E-state index contributed by atoms with van der Waals surface area (Å²) in [6.45, 7) is 0. The molecule has 1 aliphatic rings. The lowest BCUT2D eigenvalue weighted by Crippen LogP contribution is -2.33. The van der Waals surface area contributed by atoms with Crippen LogP contribution >= 0.6 is 0 Å². The van der Waals surface area contributed by atoms with Crippen LogP contribution in [0.15, 0.2) is 29.0 Å². The van der Waals surface area contributed by atoms with Crippen LogP contribution < -0.4 is 10.5 Å². The van der Waals surface area contributed by atoms with Gasteiger partial charge in [0.15, 0.2) is 0 Å². The highest BCUT2D eigenvalue weighted by molar-refractivity contribution is 5.81. The predicted molar refractivity (Wildman–Crippen MR) is 60.3 cm³/mol. The van der Waals surface area contributed by atoms with Crippen LogP contribution in [-0.4, -0.2) is 17.1 Å². The van der Waals surface area contributed by atoms with Crippen molar-refractivity contribution in [3.63, 3.8) is 0 Å². The number of nitrogens with two attached hydrogens (primary N) is 1. The van der Waals surface area contributed by atoms with E-state index in [9.17, 15) is 0 Å². The summed E-state index contributed by atoms with van der Waals surface area (Å²) in [4.78, 5) is 4.24. The summed E-state index contributed by atoms with van der Waals surface area (Å²) in [6, 6.07) is 3.83. The Hall–Kier alpha value is -1.55. The zero-order chi connectivity index (χ0) is 11.0. The molecule has 84 valence electrons. The fourth-order valence-electron chi connectivity index (χ4n) is 2.21. The Balaban J connectivity index is 1.91. The average molecular weight is 218 g/mol. The van der Waals surface area contributed by atoms with Crippen molar-refractivity contribution in [2.24, 2.45) is 5.73 Å². The second kappa shape index (κ2) is 3.79. The Kier molecular flexibility index (Phi) is 2.29.